The Bertz CT molecular complexity index is 501. The quantitative estimate of drug-likeness (QED) is 0.677. The molecule has 3 saturated heterocycles. The molecule has 2 atom stereocenters. The van der Waals surface area contributed by atoms with Gasteiger partial charge in [-0.1, -0.05) is 20.8 Å². The normalized spacial score (nSPS) is 35.6. The molecule has 28 heavy (non-hydrogen) atoms. The van der Waals surface area contributed by atoms with E-state index in [1.165, 1.54) is 77.8 Å². The lowest BCUT2D eigenvalue weighted by Gasteiger charge is -2.46. The molecule has 1 saturated carbocycles. The smallest absolute Gasteiger partial charge is 0.0125 e. The van der Waals surface area contributed by atoms with Crippen LogP contribution in [0.3, 0.4) is 0 Å². The predicted octanol–water partition coefficient (Wildman–Crippen LogP) is 4.72. The van der Waals surface area contributed by atoms with Crippen LogP contribution in [0.2, 0.25) is 0 Å². The Morgan fingerprint density at radius 1 is 0.607 bits per heavy atom. The van der Waals surface area contributed by atoms with E-state index in [0.29, 0.717) is 11.0 Å². The number of nitrogens with zero attached hydrogens (tertiary/aromatic N) is 3. The fraction of sp³-hybridized carbons (Fsp3) is 1.00. The number of hydrogen-bond donors (Lipinski definition) is 0. The van der Waals surface area contributed by atoms with Crippen molar-refractivity contribution in [3.8, 4) is 0 Å². The zero-order valence-corrected chi connectivity index (χ0v) is 19.7. The zero-order valence-electron chi connectivity index (χ0n) is 19.7. The molecule has 0 amide bonds. The van der Waals surface area contributed by atoms with E-state index in [-0.39, 0.29) is 0 Å². The Kier molecular flexibility index (Phi) is 5.92. The lowest BCUT2D eigenvalue weighted by Crippen LogP contribution is -2.53. The monoisotopic (exact) mass is 389 g/mol. The van der Waals surface area contributed by atoms with Crippen LogP contribution < -0.4 is 0 Å². The van der Waals surface area contributed by atoms with Crippen molar-refractivity contribution < 1.29 is 0 Å². The van der Waals surface area contributed by atoms with E-state index in [4.69, 9.17) is 0 Å². The Balaban J connectivity index is 1.21. The largest absolute Gasteiger partial charge is 0.300 e. The molecule has 4 rings (SSSR count). The Hall–Kier alpha value is -0.120. The van der Waals surface area contributed by atoms with Gasteiger partial charge < -0.3 is 4.90 Å². The molecule has 4 fully saturated rings. The third-order valence-corrected chi connectivity index (χ3v) is 8.95. The minimum Gasteiger partial charge on any atom is -0.300 e. The minimum absolute atomic E-state index is 0.345. The molecule has 3 aliphatic heterocycles. The van der Waals surface area contributed by atoms with Gasteiger partial charge in [0.1, 0.15) is 0 Å². The van der Waals surface area contributed by atoms with Crippen LogP contribution in [0.5, 0.6) is 0 Å². The molecule has 3 heterocycles. The second-order valence-corrected chi connectivity index (χ2v) is 12.7. The topological polar surface area (TPSA) is 9.72 Å². The summed E-state index contributed by atoms with van der Waals surface area (Å²) in [5.74, 6) is 2.97. The highest BCUT2D eigenvalue weighted by atomic mass is 15.3. The number of fused-ring (bicyclic) bond motifs is 1. The van der Waals surface area contributed by atoms with E-state index in [1.54, 1.807) is 0 Å². The molecule has 3 heteroatoms. The van der Waals surface area contributed by atoms with Gasteiger partial charge in [-0.05, 0) is 95.6 Å². The van der Waals surface area contributed by atoms with Gasteiger partial charge in [-0.15, -0.1) is 0 Å². The molecule has 0 aromatic rings. The van der Waals surface area contributed by atoms with Crippen LogP contribution in [0.25, 0.3) is 0 Å². The first kappa shape index (κ1) is 21.1. The number of rotatable bonds is 2. The summed E-state index contributed by atoms with van der Waals surface area (Å²) in [5, 5.41) is 0. The summed E-state index contributed by atoms with van der Waals surface area (Å²) in [7, 11) is 0. The molecular formula is C25H47N3. The SMILES string of the molecule is CC(C)(C)C1CC2CN(C3CCN(C4CCN(C(C)(C)C)CC4)CC3)CC2C1. The van der Waals surface area contributed by atoms with Crippen molar-refractivity contribution in [2.24, 2.45) is 23.2 Å². The average Bonchev–Trinajstić information content (AvgIpc) is 3.20. The summed E-state index contributed by atoms with van der Waals surface area (Å²) in [6.45, 7) is 22.6. The van der Waals surface area contributed by atoms with Gasteiger partial charge in [0.25, 0.3) is 0 Å². The fourth-order valence-electron chi connectivity index (χ4n) is 6.86. The van der Waals surface area contributed by atoms with Gasteiger partial charge in [0.15, 0.2) is 0 Å². The molecule has 2 unspecified atom stereocenters. The maximum Gasteiger partial charge on any atom is 0.0125 e. The molecule has 0 radical (unpaired) electrons. The zero-order chi connectivity index (χ0) is 20.1. The second kappa shape index (κ2) is 7.85. The van der Waals surface area contributed by atoms with Crippen LogP contribution in [0.4, 0.5) is 0 Å². The van der Waals surface area contributed by atoms with Crippen molar-refractivity contribution in [3.05, 3.63) is 0 Å². The van der Waals surface area contributed by atoms with E-state index in [0.717, 1.165) is 29.8 Å². The molecule has 0 spiro atoms. The van der Waals surface area contributed by atoms with Crippen molar-refractivity contribution in [2.45, 2.75) is 97.7 Å². The van der Waals surface area contributed by atoms with Gasteiger partial charge in [0, 0.05) is 43.8 Å². The maximum atomic E-state index is 2.91. The standard InChI is InChI=1S/C25H47N3/c1-24(2,3)21-15-19-17-27(18-20(19)16-21)23-7-11-26(12-8-23)22-9-13-28(14-10-22)25(4,5)6/h19-23H,7-18H2,1-6H3. The molecule has 0 aromatic carbocycles. The summed E-state index contributed by atoms with van der Waals surface area (Å²) >= 11 is 0. The molecular weight excluding hydrogens is 342 g/mol. The molecule has 1 aliphatic carbocycles. The van der Waals surface area contributed by atoms with Gasteiger partial charge >= 0.3 is 0 Å². The van der Waals surface area contributed by atoms with Crippen LogP contribution in [0.15, 0.2) is 0 Å². The summed E-state index contributed by atoms with van der Waals surface area (Å²) in [6, 6.07) is 1.73. The van der Waals surface area contributed by atoms with Crippen molar-refractivity contribution >= 4 is 0 Å². The van der Waals surface area contributed by atoms with Gasteiger partial charge in [-0.2, -0.15) is 0 Å². The first-order valence-corrected chi connectivity index (χ1v) is 12.3. The first-order chi connectivity index (χ1) is 13.1. The van der Waals surface area contributed by atoms with Gasteiger partial charge in [-0.3, -0.25) is 9.80 Å². The fourth-order valence-corrected chi connectivity index (χ4v) is 6.86. The van der Waals surface area contributed by atoms with Crippen LogP contribution in [-0.2, 0) is 0 Å². The van der Waals surface area contributed by atoms with Crippen LogP contribution in [0.1, 0.15) is 80.1 Å². The molecule has 162 valence electrons. The highest BCUT2D eigenvalue weighted by Gasteiger charge is 2.46. The summed E-state index contributed by atoms with van der Waals surface area (Å²) in [5.41, 5.74) is 0.862. The van der Waals surface area contributed by atoms with Crippen molar-refractivity contribution in [1.82, 2.24) is 14.7 Å². The minimum atomic E-state index is 0.345. The lowest BCUT2D eigenvalue weighted by atomic mass is 9.79. The van der Waals surface area contributed by atoms with E-state index >= 15 is 0 Å². The second-order valence-electron chi connectivity index (χ2n) is 12.7. The van der Waals surface area contributed by atoms with E-state index in [2.05, 4.69) is 56.2 Å². The molecule has 3 nitrogen and oxygen atoms in total. The van der Waals surface area contributed by atoms with Gasteiger partial charge in [-0.25, -0.2) is 0 Å². The molecule has 4 aliphatic rings. The number of likely N-dealkylation sites (tertiary alicyclic amines) is 3. The number of hydrogen-bond acceptors (Lipinski definition) is 3. The average molecular weight is 390 g/mol. The molecule has 0 N–H and O–H groups in total. The number of piperidine rings is 2. The predicted molar refractivity (Wildman–Crippen MR) is 120 cm³/mol. The van der Waals surface area contributed by atoms with Crippen molar-refractivity contribution in [2.75, 3.05) is 39.3 Å². The molecule has 0 aromatic heterocycles. The van der Waals surface area contributed by atoms with Crippen molar-refractivity contribution in [1.29, 1.82) is 0 Å². The highest BCUT2D eigenvalue weighted by Crippen LogP contribution is 2.49. The summed E-state index contributed by atoms with van der Waals surface area (Å²) in [4.78, 5) is 8.45. The van der Waals surface area contributed by atoms with Crippen LogP contribution in [0, 0.1) is 23.2 Å². The van der Waals surface area contributed by atoms with E-state index in [9.17, 15) is 0 Å². The first-order valence-electron chi connectivity index (χ1n) is 12.3. The van der Waals surface area contributed by atoms with Gasteiger partial charge in [0.05, 0.1) is 0 Å². The molecule has 0 bridgehead atoms. The van der Waals surface area contributed by atoms with E-state index in [1.807, 2.05) is 0 Å². The van der Waals surface area contributed by atoms with Gasteiger partial charge in [0.2, 0.25) is 0 Å². The third-order valence-electron chi connectivity index (χ3n) is 8.95. The Morgan fingerprint density at radius 3 is 1.54 bits per heavy atom. The summed E-state index contributed by atoms with van der Waals surface area (Å²) in [6.07, 6.45) is 8.59. The Labute approximate surface area is 175 Å². The highest BCUT2D eigenvalue weighted by molar-refractivity contribution is 4.98. The van der Waals surface area contributed by atoms with Crippen LogP contribution in [-0.4, -0.2) is 71.6 Å². The van der Waals surface area contributed by atoms with Crippen molar-refractivity contribution in [3.63, 3.8) is 0 Å². The Morgan fingerprint density at radius 2 is 1.07 bits per heavy atom. The maximum absolute atomic E-state index is 2.91. The van der Waals surface area contributed by atoms with Crippen LogP contribution >= 0.6 is 0 Å². The third kappa shape index (κ3) is 4.47. The summed E-state index contributed by atoms with van der Waals surface area (Å²) < 4.78 is 0. The lowest BCUT2D eigenvalue weighted by molar-refractivity contribution is 0.0328. The van der Waals surface area contributed by atoms with E-state index < -0.39 is 0 Å².